The van der Waals surface area contributed by atoms with Crippen molar-refractivity contribution in [3.63, 3.8) is 0 Å². The number of halogens is 1. The second-order valence-corrected chi connectivity index (χ2v) is 7.42. The van der Waals surface area contributed by atoms with Gasteiger partial charge in [-0.25, -0.2) is 9.18 Å². The molecule has 0 heterocycles. The van der Waals surface area contributed by atoms with Gasteiger partial charge in [-0.3, -0.25) is 0 Å². The van der Waals surface area contributed by atoms with E-state index in [0.29, 0.717) is 6.42 Å². The van der Waals surface area contributed by atoms with Gasteiger partial charge in [0.05, 0.1) is 0 Å². The van der Waals surface area contributed by atoms with Crippen LogP contribution in [0.25, 0.3) is 11.1 Å². The van der Waals surface area contributed by atoms with Crippen molar-refractivity contribution in [1.82, 2.24) is 0 Å². The molecule has 0 saturated carbocycles. The summed E-state index contributed by atoms with van der Waals surface area (Å²) in [6.07, 6.45) is 1.47. The Hall–Kier alpha value is -3.14. The Labute approximate surface area is 170 Å². The lowest BCUT2D eigenvalue weighted by atomic mass is 9.92. The minimum atomic E-state index is -1.13. The maximum Gasteiger partial charge on any atom is 0.341 e. The van der Waals surface area contributed by atoms with Gasteiger partial charge in [0.1, 0.15) is 0 Å². The number of rotatable bonds is 7. The minimum absolute atomic E-state index is 0.0385. The van der Waals surface area contributed by atoms with Crippen LogP contribution < -0.4 is 4.74 Å². The Bertz CT molecular complexity index is 1020. The summed E-state index contributed by atoms with van der Waals surface area (Å²) in [7, 11) is 0. The van der Waals surface area contributed by atoms with Crippen LogP contribution in [-0.4, -0.2) is 17.7 Å². The van der Waals surface area contributed by atoms with Crippen LogP contribution in [0.5, 0.6) is 5.75 Å². The van der Waals surface area contributed by atoms with Crippen molar-refractivity contribution in [2.24, 2.45) is 0 Å². The van der Waals surface area contributed by atoms with E-state index in [4.69, 9.17) is 9.84 Å². The van der Waals surface area contributed by atoms with Gasteiger partial charge >= 0.3 is 5.97 Å². The van der Waals surface area contributed by atoms with Crippen LogP contribution in [0.4, 0.5) is 4.39 Å². The first-order valence-electron chi connectivity index (χ1n) is 9.63. The summed E-state index contributed by atoms with van der Waals surface area (Å²) < 4.78 is 19.1. The van der Waals surface area contributed by atoms with E-state index in [1.807, 2.05) is 0 Å². The molecule has 150 valence electrons. The average molecular weight is 392 g/mol. The molecule has 0 aromatic heterocycles. The number of carboxylic acid groups (broad SMARTS) is 1. The molecular weight excluding hydrogens is 367 g/mol. The van der Waals surface area contributed by atoms with Crippen molar-refractivity contribution >= 4 is 5.97 Å². The zero-order valence-electron chi connectivity index (χ0n) is 17.0. The van der Waals surface area contributed by atoms with E-state index in [9.17, 15) is 9.18 Å². The van der Waals surface area contributed by atoms with Gasteiger partial charge in [0.25, 0.3) is 0 Å². The van der Waals surface area contributed by atoms with Gasteiger partial charge < -0.3 is 9.84 Å². The molecule has 0 spiro atoms. The summed E-state index contributed by atoms with van der Waals surface area (Å²) in [4.78, 5) is 10.6. The molecule has 0 saturated heterocycles. The molecule has 3 aromatic carbocycles. The Morgan fingerprint density at radius 3 is 2.21 bits per heavy atom. The summed E-state index contributed by atoms with van der Waals surface area (Å²) >= 11 is 0. The monoisotopic (exact) mass is 392 g/mol. The molecule has 3 aromatic rings. The van der Waals surface area contributed by atoms with Crippen LogP contribution >= 0.6 is 0 Å². The van der Waals surface area contributed by atoms with E-state index < -0.39 is 18.4 Å². The Morgan fingerprint density at radius 2 is 1.59 bits per heavy atom. The van der Waals surface area contributed by atoms with Gasteiger partial charge in [-0.15, -0.1) is 0 Å². The van der Waals surface area contributed by atoms with Gasteiger partial charge in [-0.05, 0) is 79.1 Å². The molecule has 0 radical (unpaired) electrons. The molecule has 0 fully saturated rings. The second kappa shape index (κ2) is 8.91. The van der Waals surface area contributed by atoms with Gasteiger partial charge in [0.2, 0.25) is 0 Å². The maximum absolute atomic E-state index is 14.1. The molecule has 4 heteroatoms. The number of hydrogen-bond acceptors (Lipinski definition) is 2. The summed E-state index contributed by atoms with van der Waals surface area (Å²) in [5, 5.41) is 8.64. The zero-order valence-corrected chi connectivity index (χ0v) is 17.0. The lowest BCUT2D eigenvalue weighted by Gasteiger charge is -2.13. The van der Waals surface area contributed by atoms with E-state index in [-0.39, 0.29) is 5.75 Å². The number of ether oxygens (including phenoxy) is 1. The highest BCUT2D eigenvalue weighted by Gasteiger charge is 2.09. The Balaban J connectivity index is 1.73. The smallest absolute Gasteiger partial charge is 0.341 e. The second-order valence-electron chi connectivity index (χ2n) is 7.42. The first-order valence-corrected chi connectivity index (χ1v) is 9.63. The van der Waals surface area contributed by atoms with E-state index in [1.54, 1.807) is 6.07 Å². The van der Waals surface area contributed by atoms with Gasteiger partial charge in [0, 0.05) is 0 Å². The lowest BCUT2D eigenvalue weighted by molar-refractivity contribution is -0.139. The van der Waals surface area contributed by atoms with Crippen molar-refractivity contribution in [2.75, 3.05) is 6.61 Å². The number of benzene rings is 3. The molecule has 29 heavy (non-hydrogen) atoms. The molecule has 0 aliphatic rings. The van der Waals surface area contributed by atoms with Crippen molar-refractivity contribution in [3.05, 3.63) is 88.2 Å². The first-order chi connectivity index (χ1) is 13.8. The third-order valence-corrected chi connectivity index (χ3v) is 4.94. The number of aryl methyl sites for hydroxylation is 5. The topological polar surface area (TPSA) is 46.5 Å². The molecule has 3 rings (SSSR count). The Kier molecular flexibility index (Phi) is 6.32. The summed E-state index contributed by atoms with van der Waals surface area (Å²) in [6, 6.07) is 17.6. The van der Waals surface area contributed by atoms with Crippen molar-refractivity contribution < 1.29 is 19.0 Å². The van der Waals surface area contributed by atoms with E-state index in [2.05, 4.69) is 57.2 Å². The minimum Gasteiger partial charge on any atom is -0.479 e. The van der Waals surface area contributed by atoms with Gasteiger partial charge in [0.15, 0.2) is 18.2 Å². The molecule has 0 bridgehead atoms. The molecule has 0 atom stereocenters. The molecular formula is C25H25FO3. The molecule has 0 aliphatic heterocycles. The molecule has 0 aliphatic carbocycles. The standard InChI is InChI=1S/C25H25FO3/c1-16-11-17(2)25(18(3)12-16)21-6-4-5-19(13-21)7-8-20-9-10-23(22(26)14-20)29-15-24(27)28/h4-6,9-14H,7-8,15H2,1-3H3,(H,27,28). The van der Waals surface area contributed by atoms with Crippen molar-refractivity contribution in [1.29, 1.82) is 0 Å². The van der Waals surface area contributed by atoms with Gasteiger partial charge in [-0.2, -0.15) is 0 Å². The SMILES string of the molecule is Cc1cc(C)c(-c2cccc(CCc3ccc(OCC(=O)O)c(F)c3)c2)c(C)c1. The van der Waals surface area contributed by atoms with E-state index >= 15 is 0 Å². The number of carbonyl (C=O) groups is 1. The van der Waals surface area contributed by atoms with Gasteiger partial charge in [-0.1, -0.05) is 48.0 Å². The molecule has 1 N–H and O–H groups in total. The Morgan fingerprint density at radius 1 is 0.931 bits per heavy atom. The predicted molar refractivity (Wildman–Crippen MR) is 113 cm³/mol. The summed E-state index contributed by atoms with van der Waals surface area (Å²) in [5.41, 5.74) is 8.28. The number of hydrogen-bond donors (Lipinski definition) is 1. The zero-order chi connectivity index (χ0) is 21.0. The fourth-order valence-corrected chi connectivity index (χ4v) is 3.76. The third-order valence-electron chi connectivity index (χ3n) is 4.94. The number of aliphatic carboxylic acids is 1. The largest absolute Gasteiger partial charge is 0.479 e. The van der Waals surface area contributed by atoms with E-state index in [0.717, 1.165) is 12.0 Å². The molecule has 3 nitrogen and oxygen atoms in total. The highest BCUT2D eigenvalue weighted by molar-refractivity contribution is 5.72. The highest BCUT2D eigenvalue weighted by Crippen LogP contribution is 2.29. The molecule has 0 unspecified atom stereocenters. The summed E-state index contributed by atoms with van der Waals surface area (Å²) in [6.45, 7) is 5.83. The number of carboxylic acids is 1. The van der Waals surface area contributed by atoms with Crippen LogP contribution in [0.3, 0.4) is 0 Å². The fraction of sp³-hybridized carbons (Fsp3) is 0.240. The lowest BCUT2D eigenvalue weighted by Crippen LogP contribution is -2.10. The highest BCUT2D eigenvalue weighted by atomic mass is 19.1. The van der Waals surface area contributed by atoms with Crippen LogP contribution in [0, 0.1) is 26.6 Å². The van der Waals surface area contributed by atoms with Crippen LogP contribution in [0.15, 0.2) is 54.6 Å². The quantitative estimate of drug-likeness (QED) is 0.564. The maximum atomic E-state index is 14.1. The van der Waals surface area contributed by atoms with Crippen molar-refractivity contribution in [2.45, 2.75) is 33.6 Å². The fourth-order valence-electron chi connectivity index (χ4n) is 3.76. The first kappa shape index (κ1) is 20.6. The van der Waals surface area contributed by atoms with Crippen molar-refractivity contribution in [3.8, 4) is 16.9 Å². The average Bonchev–Trinajstić information content (AvgIpc) is 2.65. The van der Waals surface area contributed by atoms with E-state index in [1.165, 1.54) is 45.5 Å². The van der Waals surface area contributed by atoms with Crippen LogP contribution in [0.1, 0.15) is 27.8 Å². The molecule has 0 amide bonds. The van der Waals surface area contributed by atoms with Crippen LogP contribution in [0.2, 0.25) is 0 Å². The normalized spacial score (nSPS) is 10.8. The van der Waals surface area contributed by atoms with Crippen LogP contribution in [-0.2, 0) is 17.6 Å². The third kappa shape index (κ3) is 5.23. The summed E-state index contributed by atoms with van der Waals surface area (Å²) in [5.74, 6) is -1.71. The predicted octanol–water partition coefficient (Wildman–Crippen LogP) is 5.67.